The van der Waals surface area contributed by atoms with Gasteiger partial charge in [-0.25, -0.2) is 0 Å². The molecule has 0 saturated carbocycles. The fourth-order valence-electron chi connectivity index (χ4n) is 3.54. The summed E-state index contributed by atoms with van der Waals surface area (Å²) in [7, 11) is 3.42. The molecule has 0 radical (unpaired) electrons. The first kappa shape index (κ1) is 21.3. The molecule has 0 amide bonds. The molecule has 0 atom stereocenters. The van der Waals surface area contributed by atoms with Crippen LogP contribution in [0.2, 0.25) is 0 Å². The smallest absolute Gasteiger partial charge is 0.118 e. The summed E-state index contributed by atoms with van der Waals surface area (Å²) in [6.45, 7) is 2.21. The molecule has 2 aromatic carbocycles. The summed E-state index contributed by atoms with van der Waals surface area (Å²) in [4.78, 5) is 0. The van der Waals surface area contributed by atoms with Crippen LogP contribution in [0.25, 0.3) is 0 Å². The lowest BCUT2D eigenvalue weighted by molar-refractivity contribution is 0.341. The quantitative estimate of drug-likeness (QED) is 0.882. The van der Waals surface area contributed by atoms with E-state index in [9.17, 15) is 0 Å². The second kappa shape index (κ2) is 10.3. The van der Waals surface area contributed by atoms with Gasteiger partial charge in [-0.15, -0.1) is 12.4 Å². The molecule has 25 heavy (non-hydrogen) atoms. The highest BCUT2D eigenvalue weighted by Crippen LogP contribution is 2.37. The van der Waals surface area contributed by atoms with Crippen LogP contribution >= 0.6 is 12.4 Å². The molecule has 0 spiro atoms. The van der Waals surface area contributed by atoms with E-state index in [1.54, 1.807) is 14.2 Å². The number of benzene rings is 2. The zero-order chi connectivity index (χ0) is 16.1. The van der Waals surface area contributed by atoms with Crippen LogP contribution in [0.4, 0.5) is 0 Å². The highest BCUT2D eigenvalue weighted by atomic mass is 35.5. The minimum absolute atomic E-state index is 0. The standard InChI is InChI=1S/C20H25NO2.ClH.H2O/c1-22-18-7-3-15(4-8-18)20(17-11-13-21-14-12-17)16-5-9-19(23-2)10-6-16;;/h3-10,17,20-21H,11-14H2,1-2H3;1H;1H2. The molecular weight excluding hydrogens is 338 g/mol. The normalized spacial score (nSPS) is 14.4. The zero-order valence-electron chi connectivity index (χ0n) is 14.8. The summed E-state index contributed by atoms with van der Waals surface area (Å²) in [5, 5.41) is 3.47. The molecule has 1 aliphatic rings. The van der Waals surface area contributed by atoms with Gasteiger partial charge in [-0.3, -0.25) is 0 Å². The Bertz CT molecular complexity index is 562. The Morgan fingerprint density at radius 3 is 1.56 bits per heavy atom. The molecule has 138 valence electrons. The van der Waals surface area contributed by atoms with Gasteiger partial charge in [0.25, 0.3) is 0 Å². The van der Waals surface area contributed by atoms with Crippen LogP contribution in [-0.4, -0.2) is 32.8 Å². The number of nitrogens with one attached hydrogen (secondary N) is 1. The molecule has 1 heterocycles. The van der Waals surface area contributed by atoms with Crippen molar-refractivity contribution in [3.8, 4) is 11.5 Å². The van der Waals surface area contributed by atoms with Crippen molar-refractivity contribution in [2.24, 2.45) is 5.92 Å². The van der Waals surface area contributed by atoms with Crippen molar-refractivity contribution in [2.75, 3.05) is 27.3 Å². The van der Waals surface area contributed by atoms with E-state index < -0.39 is 0 Å². The third-order valence-electron chi connectivity index (χ3n) is 4.81. The van der Waals surface area contributed by atoms with Crippen LogP contribution < -0.4 is 14.8 Å². The highest BCUT2D eigenvalue weighted by molar-refractivity contribution is 5.85. The Balaban J connectivity index is 0.00000156. The van der Waals surface area contributed by atoms with Gasteiger partial charge >= 0.3 is 0 Å². The Labute approximate surface area is 156 Å². The van der Waals surface area contributed by atoms with Crippen molar-refractivity contribution in [1.29, 1.82) is 0 Å². The van der Waals surface area contributed by atoms with Gasteiger partial charge in [0.1, 0.15) is 11.5 Å². The van der Waals surface area contributed by atoms with Crippen molar-refractivity contribution in [1.82, 2.24) is 5.32 Å². The summed E-state index contributed by atoms with van der Waals surface area (Å²) in [5.41, 5.74) is 2.73. The monoisotopic (exact) mass is 365 g/mol. The average molecular weight is 366 g/mol. The molecule has 5 heteroatoms. The first-order valence-corrected chi connectivity index (χ1v) is 8.30. The van der Waals surface area contributed by atoms with Crippen LogP contribution in [0.5, 0.6) is 11.5 Å². The maximum atomic E-state index is 5.30. The molecule has 1 saturated heterocycles. The highest BCUT2D eigenvalue weighted by Gasteiger charge is 2.26. The molecule has 0 unspecified atom stereocenters. The fraction of sp³-hybridized carbons (Fsp3) is 0.400. The Kier molecular flexibility index (Phi) is 8.76. The minimum Gasteiger partial charge on any atom is -0.497 e. The zero-order valence-corrected chi connectivity index (χ0v) is 15.6. The van der Waals surface area contributed by atoms with Crippen molar-refractivity contribution in [3.63, 3.8) is 0 Å². The number of piperidine rings is 1. The number of hydrogen-bond acceptors (Lipinski definition) is 3. The number of hydrogen-bond donors (Lipinski definition) is 1. The summed E-state index contributed by atoms with van der Waals surface area (Å²) in [6, 6.07) is 17.1. The van der Waals surface area contributed by atoms with Gasteiger partial charge in [0.15, 0.2) is 0 Å². The molecule has 1 aliphatic heterocycles. The van der Waals surface area contributed by atoms with Crippen molar-refractivity contribution < 1.29 is 14.9 Å². The van der Waals surface area contributed by atoms with E-state index in [4.69, 9.17) is 9.47 Å². The molecule has 0 aromatic heterocycles. The average Bonchev–Trinajstić information content (AvgIpc) is 2.64. The Morgan fingerprint density at radius 2 is 1.20 bits per heavy atom. The molecule has 0 aliphatic carbocycles. The van der Waals surface area contributed by atoms with Crippen LogP contribution in [-0.2, 0) is 0 Å². The Hall–Kier alpha value is -1.75. The summed E-state index contributed by atoms with van der Waals surface area (Å²) < 4.78 is 10.6. The van der Waals surface area contributed by atoms with Gasteiger partial charge in [0, 0.05) is 5.92 Å². The molecule has 0 bridgehead atoms. The van der Waals surface area contributed by atoms with E-state index in [-0.39, 0.29) is 17.9 Å². The maximum Gasteiger partial charge on any atom is 0.118 e. The second-order valence-corrected chi connectivity index (χ2v) is 6.11. The molecule has 3 rings (SSSR count). The number of halogens is 1. The van der Waals surface area contributed by atoms with Gasteiger partial charge < -0.3 is 20.3 Å². The van der Waals surface area contributed by atoms with Crippen LogP contribution in [0.15, 0.2) is 48.5 Å². The lowest BCUT2D eigenvalue weighted by Gasteiger charge is -2.31. The Morgan fingerprint density at radius 1 is 0.800 bits per heavy atom. The molecule has 1 fully saturated rings. The van der Waals surface area contributed by atoms with Gasteiger partial charge in [0.2, 0.25) is 0 Å². The van der Waals surface area contributed by atoms with E-state index >= 15 is 0 Å². The number of methoxy groups -OCH3 is 2. The van der Waals surface area contributed by atoms with E-state index in [1.807, 2.05) is 0 Å². The summed E-state index contributed by atoms with van der Waals surface area (Å²) in [6.07, 6.45) is 2.42. The molecule has 2 aromatic rings. The second-order valence-electron chi connectivity index (χ2n) is 6.11. The van der Waals surface area contributed by atoms with Crippen molar-refractivity contribution >= 4 is 12.4 Å². The maximum absolute atomic E-state index is 5.30. The van der Waals surface area contributed by atoms with Crippen LogP contribution in [0, 0.1) is 5.92 Å². The lowest BCUT2D eigenvalue weighted by Crippen LogP contribution is -2.31. The first-order chi connectivity index (χ1) is 11.3. The molecular formula is C20H28ClNO3. The van der Waals surface area contributed by atoms with Crippen molar-refractivity contribution in [2.45, 2.75) is 18.8 Å². The van der Waals surface area contributed by atoms with Gasteiger partial charge in [-0.2, -0.15) is 0 Å². The van der Waals surface area contributed by atoms with E-state index in [1.165, 1.54) is 24.0 Å². The van der Waals surface area contributed by atoms with Crippen LogP contribution in [0.3, 0.4) is 0 Å². The van der Waals surface area contributed by atoms with Gasteiger partial charge in [-0.1, -0.05) is 24.3 Å². The number of ether oxygens (including phenoxy) is 2. The first-order valence-electron chi connectivity index (χ1n) is 8.30. The van der Waals surface area contributed by atoms with Crippen LogP contribution in [0.1, 0.15) is 29.9 Å². The predicted molar refractivity (Wildman–Crippen MR) is 104 cm³/mol. The lowest BCUT2D eigenvalue weighted by atomic mass is 9.76. The molecule has 4 nitrogen and oxygen atoms in total. The van der Waals surface area contributed by atoms with Gasteiger partial charge in [-0.05, 0) is 67.2 Å². The fourth-order valence-corrected chi connectivity index (χ4v) is 3.54. The molecule has 3 N–H and O–H groups in total. The van der Waals surface area contributed by atoms with E-state index in [0.29, 0.717) is 11.8 Å². The van der Waals surface area contributed by atoms with Crippen molar-refractivity contribution in [3.05, 3.63) is 59.7 Å². The van der Waals surface area contributed by atoms with E-state index in [0.717, 1.165) is 24.6 Å². The number of rotatable bonds is 5. The third-order valence-corrected chi connectivity index (χ3v) is 4.81. The predicted octanol–water partition coefficient (Wildman–Crippen LogP) is 3.43. The summed E-state index contributed by atoms with van der Waals surface area (Å²) >= 11 is 0. The third kappa shape index (κ3) is 5.11. The summed E-state index contributed by atoms with van der Waals surface area (Å²) in [5.74, 6) is 2.91. The van der Waals surface area contributed by atoms with E-state index in [2.05, 4.69) is 53.8 Å². The SMILES string of the molecule is COc1ccc(C(c2ccc(OC)cc2)C2CCNCC2)cc1.Cl.O. The van der Waals surface area contributed by atoms with Gasteiger partial charge in [0.05, 0.1) is 14.2 Å². The topological polar surface area (TPSA) is 62.0 Å². The largest absolute Gasteiger partial charge is 0.497 e. The minimum atomic E-state index is 0.